The Balaban J connectivity index is 1.38. The third-order valence-corrected chi connectivity index (χ3v) is 6.30. The van der Waals surface area contributed by atoms with E-state index >= 15 is 4.39 Å². The van der Waals surface area contributed by atoms with Crippen LogP contribution in [-0.4, -0.2) is 40.6 Å². The summed E-state index contributed by atoms with van der Waals surface area (Å²) in [6.07, 6.45) is 1.66. The van der Waals surface area contributed by atoms with E-state index in [0.717, 1.165) is 18.7 Å². The molecular formula is C23H26FNO2. The van der Waals surface area contributed by atoms with Crippen molar-refractivity contribution in [1.82, 2.24) is 4.90 Å². The molecule has 0 bridgehead atoms. The lowest BCUT2D eigenvalue weighted by Gasteiger charge is -2.27. The molecule has 1 saturated carbocycles. The molecule has 0 aromatic heterocycles. The fourth-order valence-corrected chi connectivity index (χ4v) is 4.92. The molecule has 2 aliphatic rings. The van der Waals surface area contributed by atoms with Crippen molar-refractivity contribution >= 4 is 5.78 Å². The number of alkyl halides is 1. The van der Waals surface area contributed by atoms with Gasteiger partial charge in [-0.05, 0) is 61.4 Å². The number of phenols is 1. The number of hydrogen-bond donors (Lipinski definition) is 1. The van der Waals surface area contributed by atoms with E-state index in [4.69, 9.17) is 0 Å². The van der Waals surface area contributed by atoms with Crippen LogP contribution in [0.3, 0.4) is 0 Å². The van der Waals surface area contributed by atoms with E-state index in [1.807, 2.05) is 37.3 Å². The number of phenolic OH excluding ortho intramolecular Hbond substituents is 1. The number of Topliss-reactive ketones (excluding diaryl/α,β-unsaturated/α-hetero) is 1. The predicted octanol–water partition coefficient (Wildman–Crippen LogP) is 4.26. The second-order valence-electron chi connectivity index (χ2n) is 8.28. The fraction of sp³-hybridized carbons (Fsp3) is 0.435. The summed E-state index contributed by atoms with van der Waals surface area (Å²) in [5.41, 5.74) is 0.557. The van der Waals surface area contributed by atoms with Gasteiger partial charge in [0, 0.05) is 25.1 Å². The molecule has 1 N–H and O–H groups in total. The maximum Gasteiger partial charge on any atom is 0.179 e. The number of carbonyl (C=O) groups is 1. The van der Waals surface area contributed by atoms with Gasteiger partial charge >= 0.3 is 0 Å². The van der Waals surface area contributed by atoms with Gasteiger partial charge in [0.05, 0.1) is 6.04 Å². The van der Waals surface area contributed by atoms with Gasteiger partial charge in [-0.1, -0.05) is 30.3 Å². The highest BCUT2D eigenvalue weighted by Crippen LogP contribution is 2.48. The Bertz CT molecular complexity index is 791. The second-order valence-corrected chi connectivity index (χ2v) is 8.28. The smallest absolute Gasteiger partial charge is 0.179 e. The SMILES string of the molecule is CC(C(=O)c1ccc(O)cc1)N1C[C@@H]2C[C@@](F)(Cc3ccccc3)C[C@@H]2C1. The first-order chi connectivity index (χ1) is 12.9. The third-order valence-electron chi connectivity index (χ3n) is 6.30. The molecule has 1 heterocycles. The molecule has 1 aliphatic carbocycles. The minimum Gasteiger partial charge on any atom is -0.508 e. The number of aromatic hydroxyl groups is 1. The molecule has 0 amide bonds. The zero-order chi connectivity index (χ0) is 19.0. The first-order valence-electron chi connectivity index (χ1n) is 9.74. The molecule has 4 heteroatoms. The van der Waals surface area contributed by atoms with Crippen LogP contribution >= 0.6 is 0 Å². The Morgan fingerprint density at radius 3 is 2.30 bits per heavy atom. The summed E-state index contributed by atoms with van der Waals surface area (Å²) in [5, 5.41) is 9.40. The summed E-state index contributed by atoms with van der Waals surface area (Å²) in [7, 11) is 0. The topological polar surface area (TPSA) is 40.5 Å². The van der Waals surface area contributed by atoms with E-state index in [9.17, 15) is 9.90 Å². The molecule has 4 atom stereocenters. The number of likely N-dealkylation sites (tertiary alicyclic amines) is 1. The zero-order valence-electron chi connectivity index (χ0n) is 15.6. The standard InChI is InChI=1S/C23H26FNO2/c1-16(22(27)18-7-9-21(26)10-8-18)25-14-19-12-23(24,13-20(19)15-25)11-17-5-3-2-4-6-17/h2-10,16,19-20,26H,11-15H2,1H3/t16?,19-,20+,23-. The number of rotatable bonds is 5. The number of ketones is 1. The van der Waals surface area contributed by atoms with Crippen LogP contribution in [0, 0.1) is 11.8 Å². The summed E-state index contributed by atoms with van der Waals surface area (Å²) in [5.74, 6) is 0.876. The van der Waals surface area contributed by atoms with E-state index in [-0.39, 0.29) is 17.6 Å². The molecule has 2 aromatic rings. The van der Waals surface area contributed by atoms with Crippen molar-refractivity contribution in [1.29, 1.82) is 0 Å². The Labute approximate surface area is 159 Å². The molecule has 27 heavy (non-hydrogen) atoms. The van der Waals surface area contributed by atoms with Gasteiger partial charge in [0.2, 0.25) is 0 Å². The average molecular weight is 367 g/mol. The van der Waals surface area contributed by atoms with Gasteiger partial charge in [0.1, 0.15) is 11.4 Å². The van der Waals surface area contributed by atoms with Crippen LogP contribution in [0.15, 0.2) is 54.6 Å². The fourth-order valence-electron chi connectivity index (χ4n) is 4.92. The number of hydrogen-bond acceptors (Lipinski definition) is 3. The zero-order valence-corrected chi connectivity index (χ0v) is 15.6. The van der Waals surface area contributed by atoms with Crippen LogP contribution in [0.1, 0.15) is 35.7 Å². The lowest BCUT2D eigenvalue weighted by Crippen LogP contribution is -2.39. The maximum absolute atomic E-state index is 15.4. The average Bonchev–Trinajstić information content (AvgIpc) is 3.16. The summed E-state index contributed by atoms with van der Waals surface area (Å²) in [6.45, 7) is 3.51. The van der Waals surface area contributed by atoms with Crippen molar-refractivity contribution in [2.24, 2.45) is 11.8 Å². The van der Waals surface area contributed by atoms with E-state index in [0.29, 0.717) is 36.7 Å². The molecule has 2 fully saturated rings. The molecule has 0 spiro atoms. The number of nitrogens with zero attached hydrogens (tertiary/aromatic N) is 1. The highest BCUT2D eigenvalue weighted by atomic mass is 19.1. The first kappa shape index (κ1) is 18.2. The molecule has 4 rings (SSSR count). The van der Waals surface area contributed by atoms with Crippen LogP contribution in [0.2, 0.25) is 0 Å². The van der Waals surface area contributed by atoms with Crippen molar-refractivity contribution < 1.29 is 14.3 Å². The molecule has 0 radical (unpaired) electrons. The van der Waals surface area contributed by atoms with Gasteiger partial charge in [0.25, 0.3) is 0 Å². The van der Waals surface area contributed by atoms with Crippen molar-refractivity contribution in [3.8, 4) is 5.75 Å². The number of benzene rings is 2. The predicted molar refractivity (Wildman–Crippen MR) is 104 cm³/mol. The van der Waals surface area contributed by atoms with Crippen molar-refractivity contribution in [2.45, 2.75) is 37.9 Å². The van der Waals surface area contributed by atoms with Crippen molar-refractivity contribution in [2.75, 3.05) is 13.1 Å². The molecular weight excluding hydrogens is 341 g/mol. The van der Waals surface area contributed by atoms with E-state index in [1.54, 1.807) is 24.3 Å². The van der Waals surface area contributed by atoms with E-state index in [1.165, 1.54) is 0 Å². The van der Waals surface area contributed by atoms with Gasteiger partial charge in [-0.2, -0.15) is 0 Å². The van der Waals surface area contributed by atoms with Gasteiger partial charge in [-0.15, -0.1) is 0 Å². The third kappa shape index (κ3) is 3.77. The Morgan fingerprint density at radius 2 is 1.70 bits per heavy atom. The molecule has 142 valence electrons. The Hall–Kier alpha value is -2.20. The van der Waals surface area contributed by atoms with Crippen LogP contribution in [0.5, 0.6) is 5.75 Å². The van der Waals surface area contributed by atoms with Crippen LogP contribution in [0.25, 0.3) is 0 Å². The van der Waals surface area contributed by atoms with Gasteiger partial charge in [-0.3, -0.25) is 9.69 Å². The van der Waals surface area contributed by atoms with Gasteiger partial charge in [-0.25, -0.2) is 4.39 Å². The lowest BCUT2D eigenvalue weighted by atomic mass is 9.93. The number of carbonyl (C=O) groups excluding carboxylic acids is 1. The Kier molecular flexibility index (Phi) is 4.77. The van der Waals surface area contributed by atoms with Crippen LogP contribution in [-0.2, 0) is 6.42 Å². The minimum absolute atomic E-state index is 0.0609. The molecule has 1 aliphatic heterocycles. The van der Waals surface area contributed by atoms with Crippen LogP contribution < -0.4 is 0 Å². The summed E-state index contributed by atoms with van der Waals surface area (Å²) in [4.78, 5) is 14.9. The second kappa shape index (κ2) is 7.08. The lowest BCUT2D eigenvalue weighted by molar-refractivity contribution is 0.0839. The van der Waals surface area contributed by atoms with E-state index in [2.05, 4.69) is 4.90 Å². The summed E-state index contributed by atoms with van der Waals surface area (Å²) >= 11 is 0. The molecule has 2 aromatic carbocycles. The number of halogens is 1. The largest absolute Gasteiger partial charge is 0.508 e. The molecule has 1 unspecified atom stereocenters. The quantitative estimate of drug-likeness (QED) is 0.803. The van der Waals surface area contributed by atoms with Crippen LogP contribution in [0.4, 0.5) is 4.39 Å². The van der Waals surface area contributed by atoms with E-state index < -0.39 is 5.67 Å². The monoisotopic (exact) mass is 367 g/mol. The highest BCUT2D eigenvalue weighted by Gasteiger charge is 2.50. The molecule has 3 nitrogen and oxygen atoms in total. The normalized spacial score (nSPS) is 28.8. The van der Waals surface area contributed by atoms with Crippen molar-refractivity contribution in [3.63, 3.8) is 0 Å². The maximum atomic E-state index is 15.4. The van der Waals surface area contributed by atoms with Gasteiger partial charge < -0.3 is 5.11 Å². The first-order valence-corrected chi connectivity index (χ1v) is 9.74. The Morgan fingerprint density at radius 1 is 1.11 bits per heavy atom. The molecule has 1 saturated heterocycles. The van der Waals surface area contributed by atoms with Gasteiger partial charge in [0.15, 0.2) is 5.78 Å². The minimum atomic E-state index is -1.12. The number of fused-ring (bicyclic) bond motifs is 1. The van der Waals surface area contributed by atoms with Crippen molar-refractivity contribution in [3.05, 3.63) is 65.7 Å². The summed E-state index contributed by atoms with van der Waals surface area (Å²) < 4.78 is 15.4. The highest BCUT2D eigenvalue weighted by molar-refractivity contribution is 5.99. The summed E-state index contributed by atoms with van der Waals surface area (Å²) in [6, 6.07) is 16.1.